The van der Waals surface area contributed by atoms with Gasteiger partial charge in [0.1, 0.15) is 5.49 Å². The molecule has 1 aromatic carbocycles. The molecule has 0 bridgehead atoms. The summed E-state index contributed by atoms with van der Waals surface area (Å²) in [6.07, 6.45) is 2.10. The number of amides is 1. The Kier molecular flexibility index (Phi) is 5.65. The number of fused-ring (bicyclic) bond motifs is 1. The average Bonchev–Trinajstić information content (AvgIpc) is 3.07. The molecule has 152 valence electrons. The molecule has 1 amide bonds. The Morgan fingerprint density at radius 2 is 2.14 bits per heavy atom. The topological polar surface area (TPSA) is 90.7 Å². The van der Waals surface area contributed by atoms with Crippen LogP contribution in [0.5, 0.6) is 0 Å². The lowest BCUT2D eigenvalue weighted by atomic mass is 9.99. The maximum absolute atomic E-state index is 12.7. The lowest BCUT2D eigenvalue weighted by Gasteiger charge is -2.30. The number of rotatable bonds is 4. The molecule has 1 saturated heterocycles. The number of likely N-dealkylation sites (tertiary alicyclic amines) is 1. The molecule has 0 radical (unpaired) electrons. The molecule has 2 aromatic heterocycles. The standard InChI is InChI=1S/C20H23ClN6OS/c1-12-6-8-26(9-7-12)16(28)11-29-20-23-19-17(13(2)24-25-19)18(22)27(20)15-5-3-4-14(21)10-15/h3-5,10,12,22H,6-9,11H2,1-2H3,(H,24,25). The van der Waals surface area contributed by atoms with Gasteiger partial charge in [0.2, 0.25) is 5.91 Å². The first-order chi connectivity index (χ1) is 13.9. The number of thioether (sulfide) groups is 1. The summed E-state index contributed by atoms with van der Waals surface area (Å²) in [6.45, 7) is 5.71. The van der Waals surface area contributed by atoms with Gasteiger partial charge in [0.15, 0.2) is 10.8 Å². The first-order valence-electron chi connectivity index (χ1n) is 9.63. The zero-order chi connectivity index (χ0) is 20.5. The SMILES string of the molecule is Cc1[nH]nc2nc(SCC(=O)N3CCC(C)CC3)n(-c3cccc(Cl)c3)c(=N)c12. The number of halogens is 1. The van der Waals surface area contributed by atoms with Crippen LogP contribution in [-0.2, 0) is 4.79 Å². The lowest BCUT2D eigenvalue weighted by molar-refractivity contribution is -0.129. The van der Waals surface area contributed by atoms with E-state index in [2.05, 4.69) is 22.1 Å². The van der Waals surface area contributed by atoms with Gasteiger partial charge in [0, 0.05) is 23.8 Å². The number of aromatic amines is 1. The van der Waals surface area contributed by atoms with Crippen LogP contribution in [0.1, 0.15) is 25.5 Å². The minimum absolute atomic E-state index is 0.103. The number of carbonyl (C=O) groups excluding carboxylic acids is 1. The van der Waals surface area contributed by atoms with Crippen molar-refractivity contribution < 1.29 is 4.79 Å². The fraction of sp³-hybridized carbons (Fsp3) is 0.400. The van der Waals surface area contributed by atoms with Crippen molar-refractivity contribution in [1.82, 2.24) is 24.6 Å². The van der Waals surface area contributed by atoms with Crippen LogP contribution in [0.15, 0.2) is 29.4 Å². The van der Waals surface area contributed by atoms with Crippen molar-refractivity contribution in [2.45, 2.75) is 31.8 Å². The van der Waals surface area contributed by atoms with E-state index in [9.17, 15) is 4.79 Å². The number of H-pyrrole nitrogens is 1. The Hall–Kier alpha value is -2.32. The molecule has 1 aliphatic heterocycles. The average molecular weight is 431 g/mol. The Morgan fingerprint density at radius 3 is 2.86 bits per heavy atom. The van der Waals surface area contributed by atoms with Crippen molar-refractivity contribution in [1.29, 1.82) is 5.41 Å². The van der Waals surface area contributed by atoms with Crippen LogP contribution in [0.3, 0.4) is 0 Å². The molecule has 7 nitrogen and oxygen atoms in total. The van der Waals surface area contributed by atoms with Crippen LogP contribution in [-0.4, -0.2) is 49.4 Å². The van der Waals surface area contributed by atoms with E-state index in [-0.39, 0.29) is 17.1 Å². The highest BCUT2D eigenvalue weighted by atomic mass is 35.5. The first kappa shape index (κ1) is 20.0. The molecule has 3 heterocycles. The highest BCUT2D eigenvalue weighted by molar-refractivity contribution is 7.99. The summed E-state index contributed by atoms with van der Waals surface area (Å²) in [6, 6.07) is 7.30. The van der Waals surface area contributed by atoms with E-state index >= 15 is 0 Å². The van der Waals surface area contributed by atoms with Crippen LogP contribution in [0.2, 0.25) is 5.02 Å². The number of benzene rings is 1. The van der Waals surface area contributed by atoms with Crippen LogP contribution in [0, 0.1) is 18.3 Å². The molecular weight excluding hydrogens is 408 g/mol. The summed E-state index contributed by atoms with van der Waals surface area (Å²) in [5.74, 6) is 1.05. The van der Waals surface area contributed by atoms with Gasteiger partial charge < -0.3 is 4.90 Å². The largest absolute Gasteiger partial charge is 0.342 e. The van der Waals surface area contributed by atoms with Gasteiger partial charge in [-0.3, -0.25) is 19.9 Å². The molecule has 0 spiro atoms. The van der Waals surface area contributed by atoms with Gasteiger partial charge in [-0.1, -0.05) is 36.4 Å². The Bertz CT molecular complexity index is 1120. The van der Waals surface area contributed by atoms with Crippen LogP contribution in [0.4, 0.5) is 0 Å². The second kappa shape index (κ2) is 8.20. The molecule has 0 atom stereocenters. The molecule has 29 heavy (non-hydrogen) atoms. The number of aromatic nitrogens is 4. The van der Waals surface area contributed by atoms with E-state index < -0.39 is 0 Å². The normalized spacial score (nSPS) is 15.2. The summed E-state index contributed by atoms with van der Waals surface area (Å²) in [4.78, 5) is 19.3. The van der Waals surface area contributed by atoms with Gasteiger partial charge in [0.25, 0.3) is 0 Å². The van der Waals surface area contributed by atoms with E-state index in [0.717, 1.165) is 37.3 Å². The van der Waals surface area contributed by atoms with Crippen LogP contribution in [0.25, 0.3) is 16.7 Å². The van der Waals surface area contributed by atoms with Crippen molar-refractivity contribution in [3.8, 4) is 5.69 Å². The van der Waals surface area contributed by atoms with E-state index in [1.54, 1.807) is 16.7 Å². The number of carbonyl (C=O) groups is 1. The van der Waals surface area contributed by atoms with Crippen molar-refractivity contribution in [2.75, 3.05) is 18.8 Å². The number of aryl methyl sites for hydroxylation is 1. The van der Waals surface area contributed by atoms with Crippen molar-refractivity contribution in [3.63, 3.8) is 0 Å². The lowest BCUT2D eigenvalue weighted by Crippen LogP contribution is -2.39. The quantitative estimate of drug-likeness (QED) is 0.489. The van der Waals surface area contributed by atoms with Crippen LogP contribution >= 0.6 is 23.4 Å². The number of piperidine rings is 1. The van der Waals surface area contributed by atoms with E-state index in [4.69, 9.17) is 17.0 Å². The van der Waals surface area contributed by atoms with Crippen LogP contribution < -0.4 is 5.49 Å². The minimum Gasteiger partial charge on any atom is -0.342 e. The first-order valence-corrected chi connectivity index (χ1v) is 11.0. The third kappa shape index (κ3) is 4.04. The molecule has 3 aromatic rings. The van der Waals surface area contributed by atoms with E-state index in [1.807, 2.05) is 24.0 Å². The molecular formula is C20H23ClN6OS. The predicted molar refractivity (Wildman–Crippen MR) is 115 cm³/mol. The fourth-order valence-corrected chi connectivity index (χ4v) is 4.65. The highest BCUT2D eigenvalue weighted by Crippen LogP contribution is 2.24. The van der Waals surface area contributed by atoms with Gasteiger partial charge in [-0.2, -0.15) is 5.10 Å². The van der Waals surface area contributed by atoms with Crippen molar-refractivity contribution >= 4 is 40.3 Å². The molecule has 0 saturated carbocycles. The zero-order valence-electron chi connectivity index (χ0n) is 16.4. The zero-order valence-corrected chi connectivity index (χ0v) is 18.0. The molecule has 1 fully saturated rings. The molecule has 2 N–H and O–H groups in total. The summed E-state index contributed by atoms with van der Waals surface area (Å²) in [5.41, 5.74) is 2.26. The molecule has 4 rings (SSSR count). The second-order valence-electron chi connectivity index (χ2n) is 7.46. The Labute approximate surface area is 178 Å². The fourth-order valence-electron chi connectivity index (χ4n) is 3.56. The summed E-state index contributed by atoms with van der Waals surface area (Å²) in [5, 5.41) is 17.7. The van der Waals surface area contributed by atoms with Gasteiger partial charge >= 0.3 is 0 Å². The Morgan fingerprint density at radius 1 is 1.38 bits per heavy atom. The van der Waals surface area contributed by atoms with Gasteiger partial charge in [-0.25, -0.2) is 4.98 Å². The maximum Gasteiger partial charge on any atom is 0.233 e. The predicted octanol–water partition coefficient (Wildman–Crippen LogP) is 3.54. The molecule has 0 aliphatic carbocycles. The summed E-state index contributed by atoms with van der Waals surface area (Å²) in [7, 11) is 0. The van der Waals surface area contributed by atoms with Gasteiger partial charge in [-0.05, 0) is 43.9 Å². The summed E-state index contributed by atoms with van der Waals surface area (Å²) < 4.78 is 1.73. The molecule has 0 unspecified atom stereocenters. The number of hydrogen-bond acceptors (Lipinski definition) is 5. The number of nitrogens with zero attached hydrogens (tertiary/aromatic N) is 4. The maximum atomic E-state index is 12.7. The third-order valence-electron chi connectivity index (χ3n) is 5.31. The van der Waals surface area contributed by atoms with Crippen molar-refractivity contribution in [2.24, 2.45) is 5.92 Å². The number of nitrogens with one attached hydrogen (secondary N) is 2. The molecule has 9 heteroatoms. The monoisotopic (exact) mass is 430 g/mol. The Balaban J connectivity index is 1.68. The van der Waals surface area contributed by atoms with E-state index in [0.29, 0.717) is 27.1 Å². The second-order valence-corrected chi connectivity index (χ2v) is 8.84. The summed E-state index contributed by atoms with van der Waals surface area (Å²) >= 11 is 7.52. The van der Waals surface area contributed by atoms with Gasteiger partial charge in [-0.15, -0.1) is 0 Å². The smallest absolute Gasteiger partial charge is 0.233 e. The minimum atomic E-state index is 0.103. The third-order valence-corrected chi connectivity index (χ3v) is 6.47. The van der Waals surface area contributed by atoms with E-state index in [1.165, 1.54) is 11.8 Å². The van der Waals surface area contributed by atoms with Crippen molar-refractivity contribution in [3.05, 3.63) is 40.5 Å². The highest BCUT2D eigenvalue weighted by Gasteiger charge is 2.22. The molecule has 1 aliphatic rings. The van der Waals surface area contributed by atoms with Gasteiger partial charge in [0.05, 0.1) is 16.8 Å². The number of hydrogen-bond donors (Lipinski definition) is 2.